The number of rotatable bonds is 2. The van der Waals surface area contributed by atoms with Crippen LogP contribution in [0, 0.1) is 0 Å². The first kappa shape index (κ1) is 12.4. The number of hydrogen-bond acceptors (Lipinski definition) is 5. The Morgan fingerprint density at radius 3 is 2.60 bits per heavy atom. The molecule has 0 saturated carbocycles. The summed E-state index contributed by atoms with van der Waals surface area (Å²) in [4.78, 5) is 4.27. The van der Waals surface area contributed by atoms with Gasteiger partial charge in [0.2, 0.25) is 5.89 Å². The van der Waals surface area contributed by atoms with E-state index in [1.165, 1.54) is 0 Å². The van der Waals surface area contributed by atoms with Gasteiger partial charge in [0, 0.05) is 19.6 Å². The van der Waals surface area contributed by atoms with E-state index in [0.717, 1.165) is 25.1 Å². The Balaban J connectivity index is 0.00000112. The molecule has 6 heteroatoms. The molecule has 86 valence electrons. The van der Waals surface area contributed by atoms with Gasteiger partial charge in [0.1, 0.15) is 5.54 Å². The van der Waals surface area contributed by atoms with E-state index in [4.69, 9.17) is 15.0 Å². The number of hydrogen-bond donors (Lipinski definition) is 1. The Morgan fingerprint density at radius 1 is 1.40 bits per heavy atom. The SMILES string of the molecule is CCc1noc(C2(N)CCOCC2)n1.Cl. The summed E-state index contributed by atoms with van der Waals surface area (Å²) in [5.41, 5.74) is 5.70. The minimum Gasteiger partial charge on any atom is -0.381 e. The lowest BCUT2D eigenvalue weighted by Gasteiger charge is -2.29. The summed E-state index contributed by atoms with van der Waals surface area (Å²) < 4.78 is 10.4. The van der Waals surface area contributed by atoms with E-state index < -0.39 is 5.54 Å². The normalized spacial score (nSPS) is 19.6. The average molecular weight is 234 g/mol. The highest BCUT2D eigenvalue weighted by atomic mass is 35.5. The van der Waals surface area contributed by atoms with Crippen LogP contribution in [-0.2, 0) is 16.7 Å². The molecule has 1 saturated heterocycles. The molecule has 0 aliphatic carbocycles. The predicted molar refractivity (Wildman–Crippen MR) is 56.8 cm³/mol. The monoisotopic (exact) mass is 233 g/mol. The molecule has 1 aliphatic rings. The molecule has 1 aliphatic heterocycles. The Kier molecular flexibility index (Phi) is 4.07. The van der Waals surface area contributed by atoms with E-state index in [1.807, 2.05) is 6.92 Å². The van der Waals surface area contributed by atoms with Crippen molar-refractivity contribution < 1.29 is 9.26 Å². The van der Waals surface area contributed by atoms with Crippen LogP contribution in [-0.4, -0.2) is 23.4 Å². The van der Waals surface area contributed by atoms with E-state index in [0.29, 0.717) is 19.1 Å². The first-order chi connectivity index (χ1) is 6.74. The standard InChI is InChI=1S/C9H15N3O2.ClH/c1-2-7-11-8(14-12-7)9(10)3-5-13-6-4-9;/h2-6,10H2,1H3;1H. The lowest BCUT2D eigenvalue weighted by molar-refractivity contribution is 0.0400. The Morgan fingerprint density at radius 2 is 2.07 bits per heavy atom. The maximum atomic E-state index is 6.17. The topological polar surface area (TPSA) is 74.2 Å². The third-order valence-corrected chi connectivity index (χ3v) is 2.60. The van der Waals surface area contributed by atoms with Gasteiger partial charge < -0.3 is 15.0 Å². The molecule has 15 heavy (non-hydrogen) atoms. The van der Waals surface area contributed by atoms with Gasteiger partial charge in [-0.1, -0.05) is 12.1 Å². The fourth-order valence-corrected chi connectivity index (χ4v) is 1.55. The molecule has 2 rings (SSSR count). The van der Waals surface area contributed by atoms with Crippen molar-refractivity contribution in [1.29, 1.82) is 0 Å². The summed E-state index contributed by atoms with van der Waals surface area (Å²) in [6, 6.07) is 0. The third-order valence-electron chi connectivity index (χ3n) is 2.60. The van der Waals surface area contributed by atoms with Crippen molar-refractivity contribution >= 4 is 12.4 Å². The molecular formula is C9H16ClN3O2. The quantitative estimate of drug-likeness (QED) is 0.826. The molecular weight excluding hydrogens is 218 g/mol. The predicted octanol–water partition coefficient (Wildman–Crippen LogP) is 1.02. The molecule has 1 aromatic heterocycles. The van der Waals surface area contributed by atoms with Crippen molar-refractivity contribution in [3.05, 3.63) is 11.7 Å². The third kappa shape index (κ3) is 2.48. The second kappa shape index (κ2) is 4.92. The number of nitrogens with zero attached hydrogens (tertiary/aromatic N) is 2. The molecule has 0 aromatic carbocycles. The van der Waals surface area contributed by atoms with E-state index in [2.05, 4.69) is 10.1 Å². The van der Waals surface area contributed by atoms with Crippen LogP contribution in [0.5, 0.6) is 0 Å². The first-order valence-corrected chi connectivity index (χ1v) is 4.94. The summed E-state index contributed by atoms with van der Waals surface area (Å²) in [5.74, 6) is 1.27. The van der Waals surface area contributed by atoms with Gasteiger partial charge in [-0.05, 0) is 12.8 Å². The smallest absolute Gasteiger partial charge is 0.246 e. The minimum atomic E-state index is -0.474. The fourth-order valence-electron chi connectivity index (χ4n) is 1.55. The van der Waals surface area contributed by atoms with Crippen LogP contribution in [0.4, 0.5) is 0 Å². The average Bonchev–Trinajstić information content (AvgIpc) is 2.67. The maximum Gasteiger partial charge on any atom is 0.246 e. The van der Waals surface area contributed by atoms with Gasteiger partial charge in [-0.15, -0.1) is 12.4 Å². The van der Waals surface area contributed by atoms with Gasteiger partial charge >= 0.3 is 0 Å². The van der Waals surface area contributed by atoms with Gasteiger partial charge in [0.25, 0.3) is 0 Å². The van der Waals surface area contributed by atoms with Crippen LogP contribution in [0.15, 0.2) is 4.52 Å². The number of aryl methyl sites for hydroxylation is 1. The van der Waals surface area contributed by atoms with Gasteiger partial charge in [-0.3, -0.25) is 0 Å². The van der Waals surface area contributed by atoms with Crippen LogP contribution in [0.2, 0.25) is 0 Å². The largest absolute Gasteiger partial charge is 0.381 e. The van der Waals surface area contributed by atoms with Crippen molar-refractivity contribution in [1.82, 2.24) is 10.1 Å². The molecule has 0 atom stereocenters. The van der Waals surface area contributed by atoms with Crippen molar-refractivity contribution in [3.8, 4) is 0 Å². The summed E-state index contributed by atoms with van der Waals surface area (Å²) >= 11 is 0. The number of nitrogens with two attached hydrogens (primary N) is 1. The highest BCUT2D eigenvalue weighted by molar-refractivity contribution is 5.85. The molecule has 2 N–H and O–H groups in total. The summed E-state index contributed by atoms with van der Waals surface area (Å²) in [7, 11) is 0. The Labute approximate surface area is 94.8 Å². The van der Waals surface area contributed by atoms with Crippen LogP contribution in [0.1, 0.15) is 31.5 Å². The molecule has 2 heterocycles. The van der Waals surface area contributed by atoms with Crippen LogP contribution in [0.25, 0.3) is 0 Å². The van der Waals surface area contributed by atoms with E-state index in [-0.39, 0.29) is 12.4 Å². The molecule has 0 unspecified atom stereocenters. The zero-order valence-corrected chi connectivity index (χ0v) is 9.55. The zero-order chi connectivity index (χ0) is 10.0. The molecule has 1 fully saturated rings. The van der Waals surface area contributed by atoms with Crippen LogP contribution >= 0.6 is 12.4 Å². The highest BCUT2D eigenvalue weighted by Crippen LogP contribution is 2.27. The van der Waals surface area contributed by atoms with E-state index >= 15 is 0 Å². The summed E-state index contributed by atoms with van der Waals surface area (Å²) in [5, 5.41) is 3.85. The molecule has 0 spiro atoms. The Bertz CT molecular complexity index is 310. The van der Waals surface area contributed by atoms with Crippen LogP contribution in [0.3, 0.4) is 0 Å². The van der Waals surface area contributed by atoms with Crippen molar-refractivity contribution in [3.63, 3.8) is 0 Å². The van der Waals surface area contributed by atoms with Crippen molar-refractivity contribution in [2.75, 3.05) is 13.2 Å². The molecule has 0 bridgehead atoms. The summed E-state index contributed by atoms with van der Waals surface area (Å²) in [6.07, 6.45) is 2.27. The second-order valence-corrected chi connectivity index (χ2v) is 3.64. The second-order valence-electron chi connectivity index (χ2n) is 3.64. The minimum absolute atomic E-state index is 0. The number of aromatic nitrogens is 2. The van der Waals surface area contributed by atoms with Gasteiger partial charge in [-0.2, -0.15) is 4.98 Å². The van der Waals surface area contributed by atoms with E-state index in [1.54, 1.807) is 0 Å². The maximum absolute atomic E-state index is 6.17. The Hall–Kier alpha value is -0.650. The summed E-state index contributed by atoms with van der Waals surface area (Å²) in [6.45, 7) is 3.32. The van der Waals surface area contributed by atoms with E-state index in [9.17, 15) is 0 Å². The zero-order valence-electron chi connectivity index (χ0n) is 8.73. The van der Waals surface area contributed by atoms with Gasteiger partial charge in [0.05, 0.1) is 0 Å². The molecule has 1 aromatic rings. The fraction of sp³-hybridized carbons (Fsp3) is 0.778. The van der Waals surface area contributed by atoms with Crippen molar-refractivity contribution in [2.24, 2.45) is 5.73 Å². The molecule has 0 amide bonds. The highest BCUT2D eigenvalue weighted by Gasteiger charge is 2.35. The number of halogens is 1. The lowest BCUT2D eigenvalue weighted by atomic mass is 9.91. The van der Waals surface area contributed by atoms with Crippen LogP contribution < -0.4 is 5.73 Å². The first-order valence-electron chi connectivity index (χ1n) is 4.94. The number of ether oxygens (including phenoxy) is 1. The van der Waals surface area contributed by atoms with Gasteiger partial charge in [-0.25, -0.2) is 0 Å². The van der Waals surface area contributed by atoms with Crippen molar-refractivity contribution in [2.45, 2.75) is 31.7 Å². The van der Waals surface area contributed by atoms with Gasteiger partial charge in [0.15, 0.2) is 5.82 Å². The molecule has 0 radical (unpaired) electrons. The molecule has 5 nitrogen and oxygen atoms in total. The lowest BCUT2D eigenvalue weighted by Crippen LogP contribution is -2.42.